The second-order valence-electron chi connectivity index (χ2n) is 9.81. The SMILES string of the molecule is CC(C)c1ccc(C(CC(=O)O)(c2ccc(C(C)C)cc2)c2ccc(C(C)C)cc2)cc1. The third-order valence-corrected chi connectivity index (χ3v) is 6.63. The van der Waals surface area contributed by atoms with Gasteiger partial charge in [-0.25, -0.2) is 0 Å². The summed E-state index contributed by atoms with van der Waals surface area (Å²) in [6.07, 6.45) is -0.00389. The summed E-state index contributed by atoms with van der Waals surface area (Å²) in [4.78, 5) is 12.3. The van der Waals surface area contributed by atoms with Gasteiger partial charge in [0.1, 0.15) is 0 Å². The van der Waals surface area contributed by atoms with Gasteiger partial charge in [0.15, 0.2) is 0 Å². The summed E-state index contributed by atoms with van der Waals surface area (Å²) in [5, 5.41) is 10.1. The number of hydrogen-bond acceptors (Lipinski definition) is 1. The van der Waals surface area contributed by atoms with Crippen LogP contribution in [-0.4, -0.2) is 11.1 Å². The van der Waals surface area contributed by atoms with Crippen LogP contribution in [0.25, 0.3) is 0 Å². The van der Waals surface area contributed by atoms with Crippen LogP contribution in [0.15, 0.2) is 72.8 Å². The van der Waals surface area contributed by atoms with Gasteiger partial charge in [0.25, 0.3) is 0 Å². The molecule has 168 valence electrons. The lowest BCUT2D eigenvalue weighted by atomic mass is 9.66. The van der Waals surface area contributed by atoms with Gasteiger partial charge in [0, 0.05) is 0 Å². The maximum Gasteiger partial charge on any atom is 0.304 e. The molecule has 0 heterocycles. The highest BCUT2D eigenvalue weighted by atomic mass is 16.4. The maximum absolute atomic E-state index is 12.3. The summed E-state index contributed by atoms with van der Waals surface area (Å²) in [7, 11) is 0. The third-order valence-electron chi connectivity index (χ3n) is 6.63. The van der Waals surface area contributed by atoms with E-state index in [9.17, 15) is 9.90 Å². The van der Waals surface area contributed by atoms with E-state index in [0.29, 0.717) is 17.8 Å². The Morgan fingerprint density at radius 1 is 0.594 bits per heavy atom. The first kappa shape index (κ1) is 23.8. The van der Waals surface area contributed by atoms with Crippen molar-refractivity contribution in [1.82, 2.24) is 0 Å². The molecule has 0 aliphatic heterocycles. The molecular weight excluding hydrogens is 392 g/mol. The summed E-state index contributed by atoms with van der Waals surface area (Å²) >= 11 is 0. The molecule has 3 aromatic rings. The normalized spacial score (nSPS) is 12.0. The monoisotopic (exact) mass is 428 g/mol. The van der Waals surface area contributed by atoms with Crippen LogP contribution in [0.3, 0.4) is 0 Å². The Labute approximate surface area is 193 Å². The summed E-state index contributed by atoms with van der Waals surface area (Å²) < 4.78 is 0. The van der Waals surface area contributed by atoms with Gasteiger partial charge in [0.05, 0.1) is 11.8 Å². The molecule has 0 fully saturated rings. The van der Waals surface area contributed by atoms with Crippen molar-refractivity contribution in [3.8, 4) is 0 Å². The maximum atomic E-state index is 12.3. The van der Waals surface area contributed by atoms with Gasteiger partial charge in [0.2, 0.25) is 0 Å². The predicted octanol–water partition coefficient (Wildman–Crippen LogP) is 7.87. The molecule has 0 amide bonds. The van der Waals surface area contributed by atoms with Crippen molar-refractivity contribution >= 4 is 5.97 Å². The number of rotatable bonds is 8. The van der Waals surface area contributed by atoms with Crippen LogP contribution in [0.5, 0.6) is 0 Å². The highest BCUT2D eigenvalue weighted by molar-refractivity contribution is 5.73. The van der Waals surface area contributed by atoms with Crippen molar-refractivity contribution in [2.75, 3.05) is 0 Å². The number of hydrogen-bond donors (Lipinski definition) is 1. The molecule has 0 bridgehead atoms. The smallest absolute Gasteiger partial charge is 0.304 e. The second-order valence-corrected chi connectivity index (χ2v) is 9.81. The molecule has 0 aromatic heterocycles. The topological polar surface area (TPSA) is 37.3 Å². The van der Waals surface area contributed by atoms with Crippen LogP contribution in [0.2, 0.25) is 0 Å². The molecule has 0 spiro atoms. The van der Waals surface area contributed by atoms with E-state index in [1.165, 1.54) is 16.7 Å². The minimum Gasteiger partial charge on any atom is -0.481 e. The van der Waals surface area contributed by atoms with Gasteiger partial charge < -0.3 is 5.11 Å². The fourth-order valence-electron chi connectivity index (χ4n) is 4.49. The Morgan fingerprint density at radius 2 is 0.844 bits per heavy atom. The van der Waals surface area contributed by atoms with Crippen molar-refractivity contribution in [2.24, 2.45) is 0 Å². The standard InChI is InChI=1S/C30H36O2/c1-20(2)23-7-13-26(14-8-23)30(19-29(31)32,27-15-9-24(10-16-27)21(3)4)28-17-11-25(12-18-28)22(5)6/h7-18,20-22H,19H2,1-6H3,(H,31,32). The molecule has 1 N–H and O–H groups in total. The molecule has 3 rings (SSSR count). The molecule has 0 unspecified atom stereocenters. The van der Waals surface area contributed by atoms with E-state index in [4.69, 9.17) is 0 Å². The summed E-state index contributed by atoms with van der Waals surface area (Å²) in [6, 6.07) is 25.5. The average Bonchev–Trinajstić information content (AvgIpc) is 2.77. The first-order chi connectivity index (χ1) is 15.1. The van der Waals surface area contributed by atoms with Gasteiger partial charge in [-0.2, -0.15) is 0 Å². The fourth-order valence-corrected chi connectivity index (χ4v) is 4.49. The van der Waals surface area contributed by atoms with E-state index >= 15 is 0 Å². The number of carboxylic acid groups (broad SMARTS) is 1. The van der Waals surface area contributed by atoms with E-state index in [0.717, 1.165) is 16.7 Å². The van der Waals surface area contributed by atoms with Crippen molar-refractivity contribution in [3.05, 3.63) is 106 Å². The van der Waals surface area contributed by atoms with Gasteiger partial charge in [-0.1, -0.05) is 114 Å². The molecule has 0 aliphatic rings. The zero-order chi connectivity index (χ0) is 23.5. The first-order valence-electron chi connectivity index (χ1n) is 11.7. The largest absolute Gasteiger partial charge is 0.481 e. The summed E-state index contributed by atoms with van der Waals surface area (Å²) in [6.45, 7) is 13.1. The molecular formula is C30H36O2. The van der Waals surface area contributed by atoms with Gasteiger partial charge in [-0.15, -0.1) is 0 Å². The van der Waals surface area contributed by atoms with E-state index < -0.39 is 11.4 Å². The van der Waals surface area contributed by atoms with E-state index in [-0.39, 0.29) is 6.42 Å². The minimum atomic E-state index is -0.807. The summed E-state index contributed by atoms with van der Waals surface area (Å²) in [5.74, 6) is 0.467. The second kappa shape index (κ2) is 9.73. The lowest BCUT2D eigenvalue weighted by molar-refractivity contribution is -0.137. The molecule has 3 aromatic carbocycles. The van der Waals surface area contributed by atoms with Crippen LogP contribution < -0.4 is 0 Å². The Hall–Kier alpha value is -2.87. The van der Waals surface area contributed by atoms with Crippen LogP contribution in [0.4, 0.5) is 0 Å². The Kier molecular flexibility index (Phi) is 7.23. The highest BCUT2D eigenvalue weighted by Gasteiger charge is 2.39. The van der Waals surface area contributed by atoms with Crippen molar-refractivity contribution in [1.29, 1.82) is 0 Å². The summed E-state index contributed by atoms with van der Waals surface area (Å²) in [5.41, 5.74) is 6.04. The molecule has 0 saturated carbocycles. The highest BCUT2D eigenvalue weighted by Crippen LogP contribution is 2.43. The van der Waals surface area contributed by atoms with Crippen LogP contribution >= 0.6 is 0 Å². The molecule has 0 radical (unpaired) electrons. The van der Waals surface area contributed by atoms with E-state index in [2.05, 4.69) is 114 Å². The van der Waals surface area contributed by atoms with Crippen LogP contribution in [0.1, 0.15) is 99.1 Å². The Morgan fingerprint density at radius 3 is 1.03 bits per heavy atom. The molecule has 2 heteroatoms. The fraction of sp³-hybridized carbons (Fsp3) is 0.367. The molecule has 0 saturated heterocycles. The van der Waals surface area contributed by atoms with Crippen molar-refractivity contribution < 1.29 is 9.90 Å². The lowest BCUT2D eigenvalue weighted by Crippen LogP contribution is -2.32. The van der Waals surface area contributed by atoms with Gasteiger partial charge >= 0.3 is 5.97 Å². The Bertz CT molecular complexity index is 899. The lowest BCUT2D eigenvalue weighted by Gasteiger charge is -2.35. The molecule has 0 atom stereocenters. The first-order valence-corrected chi connectivity index (χ1v) is 11.7. The van der Waals surface area contributed by atoms with E-state index in [1.807, 2.05) is 0 Å². The van der Waals surface area contributed by atoms with Crippen molar-refractivity contribution in [3.63, 3.8) is 0 Å². The van der Waals surface area contributed by atoms with Gasteiger partial charge in [-0.05, 0) is 51.1 Å². The third kappa shape index (κ3) is 4.80. The molecule has 32 heavy (non-hydrogen) atoms. The van der Waals surface area contributed by atoms with E-state index in [1.54, 1.807) is 0 Å². The number of aliphatic carboxylic acids is 1. The molecule has 2 nitrogen and oxygen atoms in total. The minimum absolute atomic E-state index is 0.00389. The molecule has 0 aliphatic carbocycles. The quantitative estimate of drug-likeness (QED) is 0.371. The predicted molar refractivity (Wildman–Crippen MR) is 134 cm³/mol. The zero-order valence-electron chi connectivity index (χ0n) is 20.2. The average molecular weight is 429 g/mol. The Balaban J connectivity index is 2.28. The number of carbonyl (C=O) groups is 1. The van der Waals surface area contributed by atoms with Crippen LogP contribution in [0, 0.1) is 0 Å². The zero-order valence-corrected chi connectivity index (χ0v) is 20.2. The number of carboxylic acids is 1. The number of benzene rings is 3. The van der Waals surface area contributed by atoms with Gasteiger partial charge in [-0.3, -0.25) is 4.79 Å². The van der Waals surface area contributed by atoms with Crippen LogP contribution in [-0.2, 0) is 10.2 Å². The van der Waals surface area contributed by atoms with Crippen molar-refractivity contribution in [2.45, 2.75) is 71.1 Å².